The Kier molecular flexibility index (Phi) is 11.7. The van der Waals surface area contributed by atoms with Crippen LogP contribution in [0.1, 0.15) is 22.3 Å². The molecule has 430 valence electrons. The summed E-state index contributed by atoms with van der Waals surface area (Å²) in [6.45, 7) is 0. The van der Waals surface area contributed by atoms with Gasteiger partial charge in [-0.1, -0.05) is 218 Å². The maximum Gasteiger partial charge on any atom is 0.0972 e. The molecule has 20 rings (SSSR count). The molecule has 0 radical (unpaired) electrons. The van der Waals surface area contributed by atoms with Gasteiger partial charge in [0.1, 0.15) is 0 Å². The van der Waals surface area contributed by atoms with Crippen LogP contribution in [0.5, 0.6) is 0 Å². The normalized spacial score (nSPS) is 12.6. The highest BCUT2D eigenvalue weighted by Crippen LogP contribution is 2.63. The molecule has 0 bridgehead atoms. The van der Waals surface area contributed by atoms with Crippen molar-refractivity contribution in [1.29, 1.82) is 0 Å². The Hall–Kier alpha value is -12.5. The van der Waals surface area contributed by atoms with E-state index in [9.17, 15) is 0 Å². The van der Waals surface area contributed by atoms with E-state index in [4.69, 9.17) is 29.9 Å². The van der Waals surface area contributed by atoms with Crippen molar-refractivity contribution in [3.8, 4) is 78.4 Å². The minimum absolute atomic E-state index is 0.514. The molecular formula is C85H50N8. The molecule has 8 aromatic heterocycles. The summed E-state index contributed by atoms with van der Waals surface area (Å²) in [6.07, 6.45) is 7.35. The molecule has 0 saturated carbocycles. The highest BCUT2D eigenvalue weighted by molar-refractivity contribution is 6.07. The number of nitrogens with zero attached hydrogens (tertiary/aromatic N) is 8. The summed E-state index contributed by atoms with van der Waals surface area (Å²) in [7, 11) is 0. The Morgan fingerprint density at radius 3 is 0.774 bits per heavy atom. The molecule has 18 aromatic rings. The van der Waals surface area contributed by atoms with Crippen LogP contribution in [0.3, 0.4) is 0 Å². The zero-order chi connectivity index (χ0) is 61.1. The molecule has 0 N–H and O–H groups in total. The predicted octanol–water partition coefficient (Wildman–Crippen LogP) is 20.4. The maximum absolute atomic E-state index is 5.28. The summed E-state index contributed by atoms with van der Waals surface area (Å²) in [4.78, 5) is 39.2. The molecule has 0 atom stereocenters. The first-order valence-corrected chi connectivity index (χ1v) is 31.3. The van der Waals surface area contributed by atoms with E-state index in [1.165, 1.54) is 44.5 Å². The molecule has 8 heterocycles. The second kappa shape index (κ2) is 20.8. The smallest absolute Gasteiger partial charge is 0.0972 e. The van der Waals surface area contributed by atoms with E-state index in [-0.39, 0.29) is 0 Å². The first-order valence-electron chi connectivity index (χ1n) is 31.3. The van der Waals surface area contributed by atoms with E-state index in [1.54, 1.807) is 0 Å². The molecule has 2 aliphatic carbocycles. The summed E-state index contributed by atoms with van der Waals surface area (Å²) in [6, 6.07) is 99.1. The van der Waals surface area contributed by atoms with Gasteiger partial charge in [0.15, 0.2) is 0 Å². The largest absolute Gasteiger partial charge is 0.254 e. The fourth-order valence-electron chi connectivity index (χ4n) is 14.7. The van der Waals surface area contributed by atoms with Crippen molar-refractivity contribution >= 4 is 87.2 Å². The van der Waals surface area contributed by atoms with Gasteiger partial charge in [0.2, 0.25) is 0 Å². The molecule has 0 saturated heterocycles. The number of pyridine rings is 8. The van der Waals surface area contributed by atoms with Crippen molar-refractivity contribution in [3.63, 3.8) is 0 Å². The van der Waals surface area contributed by atoms with Gasteiger partial charge in [-0.15, -0.1) is 0 Å². The predicted molar refractivity (Wildman–Crippen MR) is 379 cm³/mol. The molecule has 0 fully saturated rings. The first kappa shape index (κ1) is 52.4. The molecule has 93 heavy (non-hydrogen) atoms. The third kappa shape index (κ3) is 8.32. The van der Waals surface area contributed by atoms with Crippen molar-refractivity contribution in [1.82, 2.24) is 39.9 Å². The minimum Gasteiger partial charge on any atom is -0.254 e. The average molecular weight is 1180 g/mol. The molecule has 0 unspecified atom stereocenters. The Morgan fingerprint density at radius 1 is 0.183 bits per heavy atom. The number of benzene rings is 10. The number of fused-ring (bicyclic) bond motifs is 22. The topological polar surface area (TPSA) is 103 Å². The summed E-state index contributed by atoms with van der Waals surface area (Å²) in [5.74, 6) is 0. The van der Waals surface area contributed by atoms with Gasteiger partial charge >= 0.3 is 0 Å². The van der Waals surface area contributed by atoms with E-state index >= 15 is 0 Å². The maximum atomic E-state index is 5.28. The molecule has 1 spiro atoms. The summed E-state index contributed by atoms with van der Waals surface area (Å²) < 4.78 is 0. The van der Waals surface area contributed by atoms with E-state index in [1.807, 2.05) is 49.1 Å². The molecule has 8 heteroatoms. The fraction of sp³-hybridized carbons (Fsp3) is 0.0118. The van der Waals surface area contributed by atoms with Gasteiger partial charge in [0, 0.05) is 90.1 Å². The Bertz CT molecular complexity index is 5760. The molecule has 8 nitrogen and oxygen atoms in total. The first-order chi connectivity index (χ1) is 46.1. The van der Waals surface area contributed by atoms with Crippen LogP contribution in [0.15, 0.2) is 304 Å². The van der Waals surface area contributed by atoms with E-state index < -0.39 is 5.41 Å². The van der Waals surface area contributed by atoms with Gasteiger partial charge in [-0.25, -0.2) is 19.9 Å². The lowest BCUT2D eigenvalue weighted by Crippen LogP contribution is -2.26. The molecular weight excluding hydrogens is 1130 g/mol. The Morgan fingerprint density at radius 2 is 0.441 bits per heavy atom. The third-order valence-electron chi connectivity index (χ3n) is 19.1. The van der Waals surface area contributed by atoms with Crippen LogP contribution in [0.2, 0.25) is 0 Å². The molecule has 10 aromatic carbocycles. The van der Waals surface area contributed by atoms with Crippen molar-refractivity contribution in [2.45, 2.75) is 5.41 Å². The van der Waals surface area contributed by atoms with E-state index in [2.05, 4.69) is 265 Å². The molecule has 0 amide bonds. The van der Waals surface area contributed by atoms with Gasteiger partial charge < -0.3 is 0 Å². The Labute approximate surface area is 534 Å². The van der Waals surface area contributed by atoms with Gasteiger partial charge in [-0.2, -0.15) is 0 Å². The lowest BCUT2D eigenvalue weighted by molar-refractivity contribution is 0.794. The minimum atomic E-state index is -0.514. The summed E-state index contributed by atoms with van der Waals surface area (Å²) >= 11 is 0. The second-order valence-electron chi connectivity index (χ2n) is 24.2. The zero-order valence-electron chi connectivity index (χ0n) is 49.9. The van der Waals surface area contributed by atoms with Crippen molar-refractivity contribution in [2.75, 3.05) is 0 Å². The third-order valence-corrected chi connectivity index (χ3v) is 19.1. The average Bonchev–Trinajstić information content (AvgIpc) is 1.51. The monoisotopic (exact) mass is 1180 g/mol. The highest BCUT2D eigenvalue weighted by atomic mass is 14.8. The van der Waals surface area contributed by atoms with E-state index in [0.29, 0.717) is 0 Å². The number of hydrogen-bond acceptors (Lipinski definition) is 8. The number of hydrogen-bond donors (Lipinski definition) is 0. The lowest BCUT2D eigenvalue weighted by atomic mass is 9.70. The summed E-state index contributed by atoms with van der Waals surface area (Å²) in [5, 5.41) is 8.74. The quantitative estimate of drug-likeness (QED) is 0.157. The van der Waals surface area contributed by atoms with Gasteiger partial charge in [-0.3, -0.25) is 19.9 Å². The van der Waals surface area contributed by atoms with Crippen molar-refractivity contribution < 1.29 is 0 Å². The lowest BCUT2D eigenvalue weighted by Gasteiger charge is -2.31. The second-order valence-corrected chi connectivity index (χ2v) is 24.2. The molecule has 2 aliphatic rings. The Balaban J connectivity index is 0.000000138. The molecule has 0 aliphatic heterocycles. The van der Waals surface area contributed by atoms with Crippen LogP contribution in [0.25, 0.3) is 166 Å². The van der Waals surface area contributed by atoms with E-state index in [0.717, 1.165) is 143 Å². The number of aromatic nitrogens is 8. The van der Waals surface area contributed by atoms with Crippen LogP contribution in [0, 0.1) is 0 Å². The SMILES string of the molecule is c1ccc2c(c1)-c1ccccc1C21c2cc(-c3ccc4ccc5cccnc5c4n3)ccc2-c2ccc(-c3ccc4ccc5cccnc5c4n3)cc21.c1cnc2c(c1)ccc1ccc(-c3ccc(-c4ccc(-c5ccc6ccc7cccnc7c6n5)cc4)cc3)nc12. The van der Waals surface area contributed by atoms with Crippen LogP contribution in [0.4, 0.5) is 0 Å². The van der Waals surface area contributed by atoms with Crippen molar-refractivity contribution in [2.24, 2.45) is 0 Å². The highest BCUT2D eigenvalue weighted by Gasteiger charge is 2.52. The van der Waals surface area contributed by atoms with Gasteiger partial charge in [0.05, 0.1) is 72.3 Å². The van der Waals surface area contributed by atoms with Gasteiger partial charge in [-0.05, 0) is 116 Å². The fourth-order valence-corrected chi connectivity index (χ4v) is 14.7. The standard InChI is InChI=1S/C49H28N4.C36H22N4/c1-3-11-39-35(9-1)36-10-2-4-12-40(36)49(39)41-27-33(43-23-19-31-15-13-29-7-5-25-50-45(29)47(31)52-43)17-21-37(41)38-22-18-34(28-42(38)49)44-24-20-32-16-14-30-8-6-26-51-46(30)48(32)53-44;1-3-27-13-15-29-17-19-31(39-35(29)33(27)37-21-1)25-9-5-23(6-10-25)24-7-11-26(12-8-24)32-20-18-30-16-14-28-4-2-22-38-34(28)36(30)40-32/h1-28H;1-22H. The zero-order valence-corrected chi connectivity index (χ0v) is 49.9. The van der Waals surface area contributed by atoms with Crippen molar-refractivity contribution in [3.05, 3.63) is 326 Å². The summed E-state index contributed by atoms with van der Waals surface area (Å²) in [5.41, 5.74) is 27.5. The number of rotatable bonds is 5. The van der Waals surface area contributed by atoms with Crippen LogP contribution in [-0.2, 0) is 5.41 Å². The van der Waals surface area contributed by atoms with Gasteiger partial charge in [0.25, 0.3) is 0 Å². The van der Waals surface area contributed by atoms with Crippen LogP contribution >= 0.6 is 0 Å². The van der Waals surface area contributed by atoms with Crippen LogP contribution < -0.4 is 0 Å². The van der Waals surface area contributed by atoms with Crippen LogP contribution in [-0.4, -0.2) is 39.9 Å².